The van der Waals surface area contributed by atoms with Crippen LogP contribution in [-0.4, -0.2) is 32.5 Å². The van der Waals surface area contributed by atoms with Gasteiger partial charge in [-0.25, -0.2) is 9.50 Å². The number of nitrogens with zero attached hydrogens (tertiary/aromatic N) is 3. The lowest BCUT2D eigenvalue weighted by atomic mass is 10.2. The predicted octanol–water partition coefficient (Wildman–Crippen LogP) is 2.45. The number of amides is 1. The molecule has 0 aliphatic carbocycles. The van der Waals surface area contributed by atoms with E-state index in [1.807, 2.05) is 24.3 Å². The maximum Gasteiger partial charge on any atom is 0.278 e. The van der Waals surface area contributed by atoms with Crippen molar-refractivity contribution < 1.29 is 13.9 Å². The summed E-state index contributed by atoms with van der Waals surface area (Å²) in [5, 5.41) is 2.99. The summed E-state index contributed by atoms with van der Waals surface area (Å²) in [6.07, 6.45) is 1.55. The van der Waals surface area contributed by atoms with Crippen LogP contribution in [0, 0.1) is 0 Å². The number of aromatic amines is 1. The second-order valence-corrected chi connectivity index (χ2v) is 6.59. The molecule has 8 nitrogen and oxygen atoms in total. The number of carbonyl (C=O) groups is 1. The highest BCUT2D eigenvalue weighted by molar-refractivity contribution is 5.96. The quantitative estimate of drug-likeness (QED) is 0.591. The molecule has 0 bridgehead atoms. The Kier molecular flexibility index (Phi) is 3.58. The van der Waals surface area contributed by atoms with Crippen LogP contribution in [0.1, 0.15) is 21.6 Å². The predicted molar refractivity (Wildman–Crippen MR) is 100 cm³/mol. The molecule has 1 amide bonds. The van der Waals surface area contributed by atoms with Gasteiger partial charge in [0.25, 0.3) is 11.5 Å². The zero-order chi connectivity index (χ0) is 19.3. The number of hydrogen-bond donors (Lipinski definition) is 1. The van der Waals surface area contributed by atoms with Gasteiger partial charge < -0.3 is 14.1 Å². The average molecular weight is 376 g/mol. The van der Waals surface area contributed by atoms with E-state index in [9.17, 15) is 9.59 Å². The molecule has 8 heteroatoms. The summed E-state index contributed by atoms with van der Waals surface area (Å²) in [5.41, 5.74) is 2.29. The van der Waals surface area contributed by atoms with Crippen molar-refractivity contribution in [1.29, 1.82) is 0 Å². The van der Waals surface area contributed by atoms with Gasteiger partial charge in [-0.15, -0.1) is 0 Å². The van der Waals surface area contributed by atoms with Gasteiger partial charge in [0.15, 0.2) is 11.4 Å². The van der Waals surface area contributed by atoms with Gasteiger partial charge in [-0.2, -0.15) is 0 Å². The topological polar surface area (TPSA) is 92.8 Å². The molecule has 0 saturated heterocycles. The first-order chi connectivity index (χ1) is 13.6. The fourth-order valence-electron chi connectivity index (χ4n) is 3.43. The lowest BCUT2D eigenvalue weighted by molar-refractivity contribution is 0.0762. The van der Waals surface area contributed by atoms with Gasteiger partial charge in [-0.1, -0.05) is 12.1 Å². The van der Waals surface area contributed by atoms with Crippen molar-refractivity contribution in [3.63, 3.8) is 0 Å². The lowest BCUT2D eigenvalue weighted by Crippen LogP contribution is -2.23. The summed E-state index contributed by atoms with van der Waals surface area (Å²) >= 11 is 0. The highest BCUT2D eigenvalue weighted by Gasteiger charge is 2.32. The van der Waals surface area contributed by atoms with Crippen molar-refractivity contribution in [2.45, 2.75) is 13.1 Å². The first-order valence-electron chi connectivity index (χ1n) is 8.75. The molecule has 1 N–H and O–H groups in total. The molecule has 0 spiro atoms. The van der Waals surface area contributed by atoms with Crippen LogP contribution in [0.4, 0.5) is 0 Å². The number of nitrogens with one attached hydrogen (secondary N) is 1. The van der Waals surface area contributed by atoms with Gasteiger partial charge in [0.1, 0.15) is 17.1 Å². The normalized spacial score (nSPS) is 13.3. The summed E-state index contributed by atoms with van der Waals surface area (Å²) in [6, 6.07) is 12.7. The Bertz CT molecular complexity index is 1240. The monoisotopic (exact) mass is 376 g/mol. The second-order valence-electron chi connectivity index (χ2n) is 6.59. The molecule has 1 aromatic carbocycles. The van der Waals surface area contributed by atoms with Crippen LogP contribution in [0.3, 0.4) is 0 Å². The number of ether oxygens (including phenoxy) is 1. The van der Waals surface area contributed by atoms with Crippen molar-refractivity contribution in [1.82, 2.24) is 19.5 Å². The van der Waals surface area contributed by atoms with Crippen LogP contribution in [0.5, 0.6) is 5.75 Å². The van der Waals surface area contributed by atoms with Gasteiger partial charge >= 0.3 is 0 Å². The second kappa shape index (κ2) is 6.12. The SMILES string of the molecule is COc1ccc(CN2Cc3c(nc4cc(-c5ccco5)[nH]n4c3=O)C2=O)cc1. The molecule has 0 unspecified atom stereocenters. The van der Waals surface area contributed by atoms with Crippen LogP contribution in [0.2, 0.25) is 0 Å². The van der Waals surface area contributed by atoms with Crippen molar-refractivity contribution in [3.05, 3.63) is 75.9 Å². The molecule has 0 saturated carbocycles. The van der Waals surface area contributed by atoms with Crippen LogP contribution in [-0.2, 0) is 13.1 Å². The maximum absolute atomic E-state index is 12.9. The summed E-state index contributed by atoms with van der Waals surface area (Å²) in [7, 11) is 1.60. The Labute approximate surface area is 159 Å². The highest BCUT2D eigenvalue weighted by Crippen LogP contribution is 2.24. The molecule has 0 fully saturated rings. The Hall–Kier alpha value is -3.81. The molecule has 4 aromatic rings. The summed E-state index contributed by atoms with van der Waals surface area (Å²) in [4.78, 5) is 31.8. The number of hydrogen-bond acceptors (Lipinski definition) is 5. The zero-order valence-electron chi connectivity index (χ0n) is 15.0. The molecule has 4 heterocycles. The molecule has 28 heavy (non-hydrogen) atoms. The Morgan fingerprint density at radius 2 is 2.04 bits per heavy atom. The minimum atomic E-state index is -0.275. The third kappa shape index (κ3) is 2.50. The third-order valence-corrected chi connectivity index (χ3v) is 4.87. The summed E-state index contributed by atoms with van der Waals surface area (Å²) in [6.45, 7) is 0.624. The van der Waals surface area contributed by atoms with E-state index in [-0.39, 0.29) is 23.7 Å². The fraction of sp³-hybridized carbons (Fsp3) is 0.150. The van der Waals surface area contributed by atoms with Gasteiger partial charge in [-0.05, 0) is 29.8 Å². The molecule has 1 aliphatic heterocycles. The molecule has 1 aliphatic rings. The smallest absolute Gasteiger partial charge is 0.278 e. The lowest BCUT2D eigenvalue weighted by Gasteiger charge is -2.15. The first kappa shape index (κ1) is 16.4. The Balaban J connectivity index is 1.48. The number of fused-ring (bicyclic) bond motifs is 2. The van der Waals surface area contributed by atoms with E-state index < -0.39 is 0 Å². The molecule has 3 aromatic heterocycles. The van der Waals surface area contributed by atoms with E-state index in [1.54, 1.807) is 36.5 Å². The van der Waals surface area contributed by atoms with Crippen LogP contribution in [0.15, 0.2) is 57.9 Å². The standard InChI is InChI=1S/C20H16N4O4/c1-27-13-6-4-12(5-7-13)10-23-11-14-18(20(23)26)21-17-9-15(16-3-2-8-28-16)22-24(17)19(14)25/h2-9,22H,10-11H2,1H3. The van der Waals surface area contributed by atoms with Crippen LogP contribution < -0.4 is 10.3 Å². The van der Waals surface area contributed by atoms with Crippen molar-refractivity contribution >= 4 is 11.6 Å². The number of benzene rings is 1. The number of carbonyl (C=O) groups excluding carboxylic acids is 1. The molecular formula is C20H16N4O4. The molecular weight excluding hydrogens is 360 g/mol. The van der Waals surface area contributed by atoms with Crippen molar-refractivity contribution in [3.8, 4) is 17.2 Å². The molecule has 0 radical (unpaired) electrons. The number of methoxy groups -OCH3 is 1. The zero-order valence-corrected chi connectivity index (χ0v) is 15.0. The van der Waals surface area contributed by atoms with Gasteiger partial charge in [0.2, 0.25) is 0 Å². The van der Waals surface area contributed by atoms with Crippen molar-refractivity contribution in [2.24, 2.45) is 0 Å². The number of aromatic nitrogens is 3. The van der Waals surface area contributed by atoms with E-state index in [0.717, 1.165) is 11.3 Å². The highest BCUT2D eigenvalue weighted by atomic mass is 16.5. The first-order valence-corrected chi connectivity index (χ1v) is 8.75. The van der Waals surface area contributed by atoms with Crippen LogP contribution in [0.25, 0.3) is 17.1 Å². The molecule has 0 atom stereocenters. The van der Waals surface area contributed by atoms with Crippen molar-refractivity contribution in [2.75, 3.05) is 7.11 Å². The number of H-pyrrole nitrogens is 1. The van der Waals surface area contributed by atoms with Gasteiger partial charge in [-0.3, -0.25) is 14.7 Å². The van der Waals surface area contributed by atoms with Gasteiger partial charge in [0.05, 0.1) is 25.5 Å². The number of furan rings is 1. The molecule has 5 rings (SSSR count). The van der Waals surface area contributed by atoms with E-state index in [2.05, 4.69) is 10.1 Å². The van der Waals surface area contributed by atoms with E-state index in [0.29, 0.717) is 29.2 Å². The minimum absolute atomic E-state index is 0.212. The Morgan fingerprint density at radius 1 is 1.21 bits per heavy atom. The minimum Gasteiger partial charge on any atom is -0.497 e. The maximum atomic E-state index is 12.9. The Morgan fingerprint density at radius 3 is 2.75 bits per heavy atom. The third-order valence-electron chi connectivity index (χ3n) is 4.87. The van der Waals surface area contributed by atoms with E-state index >= 15 is 0 Å². The number of rotatable bonds is 4. The van der Waals surface area contributed by atoms with E-state index in [4.69, 9.17) is 9.15 Å². The average Bonchev–Trinajstić information content (AvgIpc) is 3.44. The largest absolute Gasteiger partial charge is 0.497 e. The summed E-state index contributed by atoms with van der Waals surface area (Å²) in [5.74, 6) is 1.10. The van der Waals surface area contributed by atoms with E-state index in [1.165, 1.54) is 4.52 Å². The van der Waals surface area contributed by atoms with Gasteiger partial charge in [0, 0.05) is 12.6 Å². The molecule has 140 valence electrons. The van der Waals surface area contributed by atoms with Crippen LogP contribution >= 0.6 is 0 Å². The summed E-state index contributed by atoms with van der Waals surface area (Å²) < 4.78 is 11.9. The fourth-order valence-corrected chi connectivity index (χ4v) is 3.43.